The molecule has 1 heteroatoms. The van der Waals surface area contributed by atoms with Crippen molar-refractivity contribution in [2.75, 3.05) is 0 Å². The number of hydrogen-bond acceptors (Lipinski definition) is 1. The summed E-state index contributed by atoms with van der Waals surface area (Å²) in [6.07, 6.45) is 1.13. The van der Waals surface area contributed by atoms with Gasteiger partial charge in [0.15, 0.2) is 0 Å². The van der Waals surface area contributed by atoms with Crippen molar-refractivity contribution in [2.45, 2.75) is 40.2 Å². The van der Waals surface area contributed by atoms with Crippen LogP contribution in [0.2, 0.25) is 0 Å². The molecule has 0 bridgehead atoms. The molecule has 2 N–H and O–H groups in total. The lowest BCUT2D eigenvalue weighted by atomic mass is 9.90. The molecule has 0 aliphatic rings. The zero-order valence-corrected chi connectivity index (χ0v) is 9.67. The first-order valence-electron chi connectivity index (χ1n) is 5.39. The van der Waals surface area contributed by atoms with Crippen LogP contribution in [0.25, 0.3) is 0 Å². The SMILES string of the molecule is CCC(C)C(N)c1cc(C)ccc1C. The predicted octanol–water partition coefficient (Wildman–Crippen LogP) is 3.35. The minimum absolute atomic E-state index is 0.180. The Balaban J connectivity index is 2.99. The predicted molar refractivity (Wildman–Crippen MR) is 62.3 cm³/mol. The molecule has 1 nitrogen and oxygen atoms in total. The van der Waals surface area contributed by atoms with E-state index in [1.807, 2.05) is 0 Å². The van der Waals surface area contributed by atoms with Gasteiger partial charge in [-0.05, 0) is 30.9 Å². The first kappa shape index (κ1) is 11.3. The molecule has 0 heterocycles. The van der Waals surface area contributed by atoms with Crippen LogP contribution in [0.1, 0.15) is 43.0 Å². The minimum Gasteiger partial charge on any atom is -0.324 e. The summed E-state index contributed by atoms with van der Waals surface area (Å²) in [6, 6.07) is 6.70. The second kappa shape index (κ2) is 4.61. The summed E-state index contributed by atoms with van der Waals surface area (Å²) in [5.41, 5.74) is 10.1. The van der Waals surface area contributed by atoms with Gasteiger partial charge in [-0.15, -0.1) is 0 Å². The van der Waals surface area contributed by atoms with Crippen molar-refractivity contribution in [1.82, 2.24) is 0 Å². The second-order valence-electron chi connectivity index (χ2n) is 4.27. The quantitative estimate of drug-likeness (QED) is 0.779. The highest BCUT2D eigenvalue weighted by Gasteiger charge is 2.14. The Hall–Kier alpha value is -0.820. The molecule has 1 rings (SSSR count). The third-order valence-corrected chi connectivity index (χ3v) is 3.05. The van der Waals surface area contributed by atoms with Gasteiger partial charge in [0.2, 0.25) is 0 Å². The zero-order chi connectivity index (χ0) is 10.7. The Morgan fingerprint density at radius 2 is 1.93 bits per heavy atom. The van der Waals surface area contributed by atoms with Gasteiger partial charge >= 0.3 is 0 Å². The fourth-order valence-corrected chi connectivity index (χ4v) is 1.68. The zero-order valence-electron chi connectivity index (χ0n) is 9.67. The Labute approximate surface area is 87.3 Å². The maximum atomic E-state index is 6.22. The van der Waals surface area contributed by atoms with Crippen LogP contribution in [0.4, 0.5) is 0 Å². The number of nitrogens with two attached hydrogens (primary N) is 1. The van der Waals surface area contributed by atoms with Crippen LogP contribution in [0.3, 0.4) is 0 Å². The number of rotatable bonds is 3. The van der Waals surface area contributed by atoms with Crippen LogP contribution in [0.5, 0.6) is 0 Å². The van der Waals surface area contributed by atoms with Gasteiger partial charge in [0.25, 0.3) is 0 Å². The summed E-state index contributed by atoms with van der Waals surface area (Å²) in [7, 11) is 0. The lowest BCUT2D eigenvalue weighted by Crippen LogP contribution is -2.19. The van der Waals surface area contributed by atoms with Crippen molar-refractivity contribution < 1.29 is 0 Å². The van der Waals surface area contributed by atoms with Crippen molar-refractivity contribution in [3.8, 4) is 0 Å². The van der Waals surface area contributed by atoms with Crippen LogP contribution >= 0.6 is 0 Å². The van der Waals surface area contributed by atoms with E-state index in [0.29, 0.717) is 5.92 Å². The highest BCUT2D eigenvalue weighted by Crippen LogP contribution is 2.25. The summed E-state index contributed by atoms with van der Waals surface area (Å²) in [4.78, 5) is 0. The van der Waals surface area contributed by atoms with Gasteiger partial charge in [0.1, 0.15) is 0 Å². The van der Waals surface area contributed by atoms with Gasteiger partial charge < -0.3 is 5.73 Å². The molecule has 0 radical (unpaired) electrons. The molecular weight excluding hydrogens is 170 g/mol. The highest BCUT2D eigenvalue weighted by molar-refractivity contribution is 5.33. The minimum atomic E-state index is 0.180. The van der Waals surface area contributed by atoms with Gasteiger partial charge in [0, 0.05) is 6.04 Å². The van der Waals surface area contributed by atoms with Crippen molar-refractivity contribution in [3.63, 3.8) is 0 Å². The van der Waals surface area contributed by atoms with E-state index in [0.717, 1.165) is 6.42 Å². The van der Waals surface area contributed by atoms with Crippen LogP contribution in [-0.2, 0) is 0 Å². The summed E-state index contributed by atoms with van der Waals surface area (Å²) in [5.74, 6) is 0.551. The molecule has 1 aromatic rings. The summed E-state index contributed by atoms with van der Waals surface area (Å²) >= 11 is 0. The molecule has 0 amide bonds. The van der Waals surface area contributed by atoms with Crippen molar-refractivity contribution in [2.24, 2.45) is 11.7 Å². The normalized spacial score (nSPS) is 15.2. The maximum absolute atomic E-state index is 6.22. The topological polar surface area (TPSA) is 26.0 Å². The Morgan fingerprint density at radius 3 is 2.50 bits per heavy atom. The monoisotopic (exact) mass is 191 g/mol. The van der Waals surface area contributed by atoms with Crippen LogP contribution < -0.4 is 5.73 Å². The number of hydrogen-bond donors (Lipinski definition) is 1. The largest absolute Gasteiger partial charge is 0.324 e. The first-order valence-corrected chi connectivity index (χ1v) is 5.39. The van der Waals surface area contributed by atoms with E-state index >= 15 is 0 Å². The summed E-state index contributed by atoms with van der Waals surface area (Å²) in [6.45, 7) is 8.66. The van der Waals surface area contributed by atoms with Crippen molar-refractivity contribution in [3.05, 3.63) is 34.9 Å². The van der Waals surface area contributed by atoms with Gasteiger partial charge in [-0.1, -0.05) is 44.0 Å². The fraction of sp³-hybridized carbons (Fsp3) is 0.538. The molecule has 2 atom stereocenters. The van der Waals surface area contributed by atoms with E-state index in [1.165, 1.54) is 16.7 Å². The van der Waals surface area contributed by atoms with Gasteiger partial charge in [0.05, 0.1) is 0 Å². The van der Waals surface area contributed by atoms with Crippen LogP contribution in [-0.4, -0.2) is 0 Å². The third-order valence-electron chi connectivity index (χ3n) is 3.05. The van der Waals surface area contributed by atoms with Crippen LogP contribution in [0.15, 0.2) is 18.2 Å². The molecular formula is C13H21N. The summed E-state index contributed by atoms with van der Waals surface area (Å²) in [5, 5.41) is 0. The van der Waals surface area contributed by atoms with E-state index in [9.17, 15) is 0 Å². The molecule has 0 aromatic heterocycles. The Kier molecular flexibility index (Phi) is 3.70. The molecule has 0 fully saturated rings. The molecule has 0 aliphatic heterocycles. The number of aryl methyl sites for hydroxylation is 2. The standard InChI is InChI=1S/C13H21N/c1-5-10(3)13(14)12-8-9(2)6-7-11(12)4/h6-8,10,13H,5,14H2,1-4H3. The van der Waals surface area contributed by atoms with E-state index in [2.05, 4.69) is 45.9 Å². The van der Waals surface area contributed by atoms with E-state index in [4.69, 9.17) is 5.73 Å². The third kappa shape index (κ3) is 2.36. The van der Waals surface area contributed by atoms with Gasteiger partial charge in [-0.25, -0.2) is 0 Å². The van der Waals surface area contributed by atoms with E-state index in [1.54, 1.807) is 0 Å². The molecule has 1 aromatic carbocycles. The van der Waals surface area contributed by atoms with Crippen molar-refractivity contribution >= 4 is 0 Å². The van der Waals surface area contributed by atoms with Gasteiger partial charge in [-0.2, -0.15) is 0 Å². The molecule has 0 aliphatic carbocycles. The average molecular weight is 191 g/mol. The Bertz CT molecular complexity index is 304. The van der Waals surface area contributed by atoms with Gasteiger partial charge in [-0.3, -0.25) is 0 Å². The number of benzene rings is 1. The molecule has 0 spiro atoms. The maximum Gasteiger partial charge on any atom is 0.0323 e. The lowest BCUT2D eigenvalue weighted by Gasteiger charge is -2.21. The smallest absolute Gasteiger partial charge is 0.0323 e. The lowest BCUT2D eigenvalue weighted by molar-refractivity contribution is 0.455. The second-order valence-corrected chi connectivity index (χ2v) is 4.27. The molecule has 78 valence electrons. The molecule has 0 saturated carbocycles. The highest BCUT2D eigenvalue weighted by atomic mass is 14.6. The van der Waals surface area contributed by atoms with Crippen LogP contribution in [0, 0.1) is 19.8 Å². The molecule has 14 heavy (non-hydrogen) atoms. The van der Waals surface area contributed by atoms with E-state index in [-0.39, 0.29) is 6.04 Å². The summed E-state index contributed by atoms with van der Waals surface area (Å²) < 4.78 is 0. The molecule has 0 saturated heterocycles. The van der Waals surface area contributed by atoms with Crippen molar-refractivity contribution in [1.29, 1.82) is 0 Å². The fourth-order valence-electron chi connectivity index (χ4n) is 1.68. The average Bonchev–Trinajstić information content (AvgIpc) is 2.19. The Morgan fingerprint density at radius 1 is 1.29 bits per heavy atom. The first-order chi connectivity index (χ1) is 6.56. The molecule has 2 unspecified atom stereocenters. The van der Waals surface area contributed by atoms with E-state index < -0.39 is 0 Å².